The molecule has 1 aromatic heterocycles. The Morgan fingerprint density at radius 3 is 2.67 bits per heavy atom. The summed E-state index contributed by atoms with van der Waals surface area (Å²) in [5, 5.41) is 0.118. The van der Waals surface area contributed by atoms with Crippen molar-refractivity contribution in [3.05, 3.63) is 53.5 Å². The number of ether oxygens (including phenoxy) is 1. The minimum Gasteiger partial charge on any atom is -0.492 e. The van der Waals surface area contributed by atoms with Crippen molar-refractivity contribution in [3.63, 3.8) is 0 Å². The van der Waals surface area contributed by atoms with Gasteiger partial charge in [-0.05, 0) is 44.0 Å². The number of nitrogens with one attached hydrogen (secondary N) is 1. The van der Waals surface area contributed by atoms with E-state index in [1.165, 1.54) is 24.3 Å². The van der Waals surface area contributed by atoms with Crippen LogP contribution in [-0.4, -0.2) is 34.0 Å². The molecule has 0 aliphatic carbocycles. The lowest BCUT2D eigenvalue weighted by Gasteiger charge is -2.33. The van der Waals surface area contributed by atoms with Crippen LogP contribution in [0.3, 0.4) is 0 Å². The molecule has 7 nitrogen and oxygen atoms in total. The SMILES string of the molecule is CCOc1ccc(C)cc1S(=O)(=O)NC(=O)c1cc2c(F)cc(N3CCC3)cc2o1. The predicted molar refractivity (Wildman–Crippen MR) is 110 cm³/mol. The van der Waals surface area contributed by atoms with Gasteiger partial charge in [-0.3, -0.25) is 4.79 Å². The van der Waals surface area contributed by atoms with Gasteiger partial charge in [0.1, 0.15) is 22.0 Å². The number of carbonyl (C=O) groups is 1. The Balaban J connectivity index is 1.64. The molecule has 0 bridgehead atoms. The summed E-state index contributed by atoms with van der Waals surface area (Å²) in [6.07, 6.45) is 1.03. The van der Waals surface area contributed by atoms with Crippen molar-refractivity contribution in [1.82, 2.24) is 4.72 Å². The largest absolute Gasteiger partial charge is 0.492 e. The number of amides is 1. The molecular weight excluding hydrogens is 411 g/mol. The normalized spacial score (nSPS) is 13.9. The Bertz CT molecular complexity index is 1230. The van der Waals surface area contributed by atoms with E-state index >= 15 is 0 Å². The number of hydrogen-bond acceptors (Lipinski definition) is 6. The molecule has 4 rings (SSSR count). The fourth-order valence-corrected chi connectivity index (χ4v) is 4.47. The Hall–Kier alpha value is -3.07. The van der Waals surface area contributed by atoms with Gasteiger partial charge in [0.15, 0.2) is 5.76 Å². The molecule has 2 heterocycles. The van der Waals surface area contributed by atoms with Crippen molar-refractivity contribution < 1.29 is 26.8 Å². The zero-order valence-corrected chi connectivity index (χ0v) is 17.4. The van der Waals surface area contributed by atoms with E-state index in [1.54, 1.807) is 26.0 Å². The Labute approximate surface area is 173 Å². The fourth-order valence-electron chi connectivity index (χ4n) is 3.28. The van der Waals surface area contributed by atoms with Crippen molar-refractivity contribution in [1.29, 1.82) is 0 Å². The molecule has 0 saturated carbocycles. The van der Waals surface area contributed by atoms with E-state index in [2.05, 4.69) is 0 Å². The molecule has 2 aromatic carbocycles. The van der Waals surface area contributed by atoms with E-state index in [0.29, 0.717) is 11.3 Å². The van der Waals surface area contributed by atoms with Crippen molar-refractivity contribution in [2.45, 2.75) is 25.2 Å². The van der Waals surface area contributed by atoms with Gasteiger partial charge >= 0.3 is 5.91 Å². The van der Waals surface area contributed by atoms with Crippen LogP contribution in [0.1, 0.15) is 29.5 Å². The number of halogens is 1. The fraction of sp³-hybridized carbons (Fsp3) is 0.286. The molecule has 1 N–H and O–H groups in total. The summed E-state index contributed by atoms with van der Waals surface area (Å²) in [6.45, 7) is 5.38. The summed E-state index contributed by atoms with van der Waals surface area (Å²) in [4.78, 5) is 14.4. The molecule has 0 atom stereocenters. The number of furan rings is 1. The predicted octanol–water partition coefficient (Wildman–Crippen LogP) is 3.61. The second kappa shape index (κ2) is 7.64. The summed E-state index contributed by atoms with van der Waals surface area (Å²) in [6, 6.07) is 8.90. The zero-order chi connectivity index (χ0) is 21.5. The first-order valence-corrected chi connectivity index (χ1v) is 11.1. The number of rotatable bonds is 6. The number of benzene rings is 2. The summed E-state index contributed by atoms with van der Waals surface area (Å²) >= 11 is 0. The molecule has 1 aliphatic rings. The maximum Gasteiger partial charge on any atom is 0.300 e. The standard InChI is InChI=1S/C21H21FN2O5S/c1-3-28-17-6-5-13(2)9-20(17)30(26,27)23-21(25)19-12-15-16(22)10-14(11-18(15)29-19)24-7-4-8-24/h5-6,9-12H,3-4,7-8H2,1-2H3,(H,23,25). The van der Waals surface area contributed by atoms with Gasteiger partial charge in [-0.2, -0.15) is 0 Å². The van der Waals surface area contributed by atoms with Gasteiger partial charge in [0, 0.05) is 30.9 Å². The van der Waals surface area contributed by atoms with Crippen LogP contribution in [0.15, 0.2) is 45.7 Å². The van der Waals surface area contributed by atoms with Crippen LogP contribution < -0.4 is 14.4 Å². The topological polar surface area (TPSA) is 88.8 Å². The molecule has 9 heteroatoms. The van der Waals surface area contributed by atoms with Crippen LogP contribution in [0, 0.1) is 12.7 Å². The lowest BCUT2D eigenvalue weighted by Crippen LogP contribution is -2.36. The van der Waals surface area contributed by atoms with Crippen molar-refractivity contribution in [2.24, 2.45) is 0 Å². The highest BCUT2D eigenvalue weighted by molar-refractivity contribution is 7.90. The monoisotopic (exact) mass is 432 g/mol. The van der Waals surface area contributed by atoms with E-state index in [4.69, 9.17) is 9.15 Å². The molecule has 3 aromatic rings. The highest BCUT2D eigenvalue weighted by Crippen LogP contribution is 2.31. The number of sulfonamides is 1. The molecule has 0 spiro atoms. The number of hydrogen-bond donors (Lipinski definition) is 1. The van der Waals surface area contributed by atoms with Gasteiger partial charge in [-0.15, -0.1) is 0 Å². The number of fused-ring (bicyclic) bond motifs is 1. The number of carbonyl (C=O) groups excluding carboxylic acids is 1. The second-order valence-electron chi connectivity index (χ2n) is 7.11. The average molecular weight is 432 g/mol. The summed E-state index contributed by atoms with van der Waals surface area (Å²) < 4.78 is 52.9. The molecule has 1 aliphatic heterocycles. The van der Waals surface area contributed by atoms with Crippen LogP contribution in [-0.2, 0) is 10.0 Å². The highest BCUT2D eigenvalue weighted by atomic mass is 32.2. The van der Waals surface area contributed by atoms with Crippen LogP contribution >= 0.6 is 0 Å². The molecule has 1 fully saturated rings. The molecule has 1 saturated heterocycles. The highest BCUT2D eigenvalue weighted by Gasteiger charge is 2.26. The molecule has 0 unspecified atom stereocenters. The number of anilines is 1. The molecule has 158 valence electrons. The van der Waals surface area contributed by atoms with Crippen LogP contribution in [0.25, 0.3) is 11.0 Å². The summed E-state index contributed by atoms with van der Waals surface area (Å²) in [5.74, 6) is -1.67. The third-order valence-electron chi connectivity index (χ3n) is 4.93. The Morgan fingerprint density at radius 1 is 1.23 bits per heavy atom. The van der Waals surface area contributed by atoms with E-state index in [0.717, 1.165) is 19.5 Å². The van der Waals surface area contributed by atoms with Gasteiger partial charge in [0.05, 0.1) is 12.0 Å². The van der Waals surface area contributed by atoms with Gasteiger partial charge in [0.2, 0.25) is 0 Å². The second-order valence-corrected chi connectivity index (χ2v) is 8.76. The maximum absolute atomic E-state index is 14.5. The smallest absolute Gasteiger partial charge is 0.300 e. The lowest BCUT2D eigenvalue weighted by atomic mass is 10.1. The van der Waals surface area contributed by atoms with E-state index in [9.17, 15) is 17.6 Å². The Morgan fingerprint density at radius 2 is 2.00 bits per heavy atom. The third-order valence-corrected chi connectivity index (χ3v) is 6.28. The van der Waals surface area contributed by atoms with Crippen molar-refractivity contribution >= 4 is 32.6 Å². The molecular formula is C21H21FN2O5S. The Kier molecular flexibility index (Phi) is 5.15. The first-order valence-electron chi connectivity index (χ1n) is 9.57. The maximum atomic E-state index is 14.5. The van der Waals surface area contributed by atoms with Gasteiger partial charge in [-0.25, -0.2) is 17.5 Å². The first-order chi connectivity index (χ1) is 14.3. The lowest BCUT2D eigenvalue weighted by molar-refractivity contribution is 0.0956. The van der Waals surface area contributed by atoms with E-state index in [-0.39, 0.29) is 34.0 Å². The van der Waals surface area contributed by atoms with Crippen molar-refractivity contribution in [2.75, 3.05) is 24.6 Å². The van der Waals surface area contributed by atoms with Crippen LogP contribution in [0.4, 0.5) is 10.1 Å². The number of nitrogens with zero attached hydrogens (tertiary/aromatic N) is 1. The first kappa shape index (κ1) is 20.2. The minimum absolute atomic E-state index is 0.118. The summed E-state index contributed by atoms with van der Waals surface area (Å²) in [5.41, 5.74) is 1.54. The molecule has 1 amide bonds. The van der Waals surface area contributed by atoms with Crippen LogP contribution in [0.2, 0.25) is 0 Å². The van der Waals surface area contributed by atoms with Gasteiger partial charge in [0.25, 0.3) is 10.0 Å². The molecule has 30 heavy (non-hydrogen) atoms. The quantitative estimate of drug-likeness (QED) is 0.640. The summed E-state index contributed by atoms with van der Waals surface area (Å²) in [7, 11) is -4.23. The van der Waals surface area contributed by atoms with Crippen LogP contribution in [0.5, 0.6) is 5.75 Å². The molecule has 0 radical (unpaired) electrons. The van der Waals surface area contributed by atoms with Gasteiger partial charge < -0.3 is 14.1 Å². The number of aryl methyl sites for hydroxylation is 1. The van der Waals surface area contributed by atoms with Crippen molar-refractivity contribution in [3.8, 4) is 5.75 Å². The third kappa shape index (κ3) is 3.72. The average Bonchev–Trinajstić information content (AvgIpc) is 3.06. The zero-order valence-electron chi connectivity index (χ0n) is 16.6. The van der Waals surface area contributed by atoms with Gasteiger partial charge in [-0.1, -0.05) is 6.07 Å². The van der Waals surface area contributed by atoms with E-state index < -0.39 is 21.7 Å². The minimum atomic E-state index is -4.23. The van der Waals surface area contributed by atoms with E-state index in [1.807, 2.05) is 9.62 Å².